The molecule has 0 amide bonds. The van der Waals surface area contributed by atoms with E-state index in [1.54, 1.807) is 0 Å². The van der Waals surface area contributed by atoms with Crippen molar-refractivity contribution in [3.05, 3.63) is 155 Å². The van der Waals surface area contributed by atoms with E-state index in [1.165, 1.54) is 11.1 Å². The van der Waals surface area contributed by atoms with Gasteiger partial charge in [0.2, 0.25) is 5.85 Å². The Labute approximate surface area is 289 Å². The number of rotatable bonds is 12. The van der Waals surface area contributed by atoms with Crippen molar-refractivity contribution >= 4 is 10.9 Å². The highest BCUT2D eigenvalue weighted by molar-refractivity contribution is 5.93. The molecule has 6 heteroatoms. The maximum atomic E-state index is 7.12. The zero-order valence-electron chi connectivity index (χ0n) is 28.7. The number of hydrogen-bond donors (Lipinski definition) is 1. The van der Waals surface area contributed by atoms with Crippen LogP contribution in [0.3, 0.4) is 0 Å². The SMILES string of the molecule is CCOC(c1ccc(C)cc1)(N1CCNCC1)n1c(-c2ccc(OCc3ccccc3)cc2)c(C)c2cc(OCc3ccccc3)ccc21. The summed E-state index contributed by atoms with van der Waals surface area (Å²) in [5, 5.41) is 4.69. The van der Waals surface area contributed by atoms with Crippen LogP contribution in [0.1, 0.15) is 34.7 Å². The predicted octanol–water partition coefficient (Wildman–Crippen LogP) is 8.68. The van der Waals surface area contributed by atoms with Gasteiger partial charge >= 0.3 is 0 Å². The maximum Gasteiger partial charge on any atom is 0.232 e. The van der Waals surface area contributed by atoms with E-state index in [4.69, 9.17) is 14.2 Å². The summed E-state index contributed by atoms with van der Waals surface area (Å²) in [5.41, 5.74) is 9.07. The first kappa shape index (κ1) is 32.7. The van der Waals surface area contributed by atoms with Gasteiger partial charge in [-0.15, -0.1) is 0 Å². The first-order valence-corrected chi connectivity index (χ1v) is 17.3. The Morgan fingerprint density at radius 2 is 1.27 bits per heavy atom. The van der Waals surface area contributed by atoms with Crippen LogP contribution in [-0.4, -0.2) is 42.3 Å². The number of hydrogen-bond acceptors (Lipinski definition) is 5. The van der Waals surface area contributed by atoms with E-state index in [2.05, 4.69) is 127 Å². The van der Waals surface area contributed by atoms with Gasteiger partial charge in [0.05, 0.1) is 11.2 Å². The Morgan fingerprint density at radius 1 is 0.673 bits per heavy atom. The van der Waals surface area contributed by atoms with E-state index in [9.17, 15) is 0 Å². The topological polar surface area (TPSA) is 47.9 Å². The van der Waals surface area contributed by atoms with Crippen LogP contribution in [0.2, 0.25) is 0 Å². The van der Waals surface area contributed by atoms with Crippen LogP contribution in [0, 0.1) is 13.8 Å². The summed E-state index contributed by atoms with van der Waals surface area (Å²) in [4.78, 5) is 2.50. The molecule has 0 spiro atoms. The molecule has 1 aromatic heterocycles. The largest absolute Gasteiger partial charge is 0.489 e. The minimum atomic E-state index is -0.888. The fourth-order valence-corrected chi connectivity index (χ4v) is 7.00. The van der Waals surface area contributed by atoms with Crippen molar-refractivity contribution in [2.75, 3.05) is 32.8 Å². The first-order valence-electron chi connectivity index (χ1n) is 17.3. The Kier molecular flexibility index (Phi) is 9.80. The lowest BCUT2D eigenvalue weighted by molar-refractivity contribution is -0.182. The van der Waals surface area contributed by atoms with Crippen LogP contribution in [0.4, 0.5) is 0 Å². The molecule has 6 aromatic rings. The third-order valence-electron chi connectivity index (χ3n) is 9.44. The predicted molar refractivity (Wildman–Crippen MR) is 198 cm³/mol. The number of ether oxygens (including phenoxy) is 3. The molecule has 0 aliphatic carbocycles. The van der Waals surface area contributed by atoms with Crippen LogP contribution < -0.4 is 14.8 Å². The molecule has 1 unspecified atom stereocenters. The van der Waals surface area contributed by atoms with Crippen molar-refractivity contribution in [3.63, 3.8) is 0 Å². The lowest BCUT2D eigenvalue weighted by Crippen LogP contribution is -2.59. The average Bonchev–Trinajstić information content (AvgIpc) is 3.45. The Morgan fingerprint density at radius 3 is 1.88 bits per heavy atom. The molecule has 0 bridgehead atoms. The second-order valence-corrected chi connectivity index (χ2v) is 12.7. The van der Waals surface area contributed by atoms with Crippen molar-refractivity contribution in [2.45, 2.75) is 39.8 Å². The summed E-state index contributed by atoms with van der Waals surface area (Å²) in [6.07, 6.45) is 0. The molecular formula is C43H45N3O3. The van der Waals surface area contributed by atoms with Gasteiger partial charge in [-0.3, -0.25) is 9.47 Å². The third kappa shape index (κ3) is 6.73. The van der Waals surface area contributed by atoms with Crippen molar-refractivity contribution in [1.29, 1.82) is 0 Å². The van der Waals surface area contributed by atoms with Crippen LogP contribution in [0.5, 0.6) is 11.5 Å². The van der Waals surface area contributed by atoms with E-state index >= 15 is 0 Å². The van der Waals surface area contributed by atoms with Crippen LogP contribution in [0.25, 0.3) is 22.2 Å². The normalized spacial score (nSPS) is 14.8. The molecule has 1 saturated heterocycles. The van der Waals surface area contributed by atoms with Gasteiger partial charge in [0.15, 0.2) is 0 Å². The molecule has 2 heterocycles. The minimum Gasteiger partial charge on any atom is -0.489 e. The van der Waals surface area contributed by atoms with Gasteiger partial charge in [0, 0.05) is 43.7 Å². The number of benzene rings is 5. The summed E-state index contributed by atoms with van der Waals surface area (Å²) in [6, 6.07) is 44.4. The summed E-state index contributed by atoms with van der Waals surface area (Å²) in [7, 11) is 0. The Hall–Kier alpha value is -4.88. The molecule has 1 atom stereocenters. The second-order valence-electron chi connectivity index (χ2n) is 12.7. The van der Waals surface area contributed by atoms with E-state index in [1.807, 2.05) is 36.4 Å². The van der Waals surface area contributed by atoms with Gasteiger partial charge in [-0.2, -0.15) is 0 Å². The molecule has 49 heavy (non-hydrogen) atoms. The summed E-state index contributed by atoms with van der Waals surface area (Å²) >= 11 is 0. The number of piperazine rings is 1. The van der Waals surface area contributed by atoms with Crippen molar-refractivity contribution in [1.82, 2.24) is 14.8 Å². The average molecular weight is 652 g/mol. The molecule has 1 fully saturated rings. The van der Waals surface area contributed by atoms with Crippen molar-refractivity contribution in [2.24, 2.45) is 0 Å². The highest BCUT2D eigenvalue weighted by Crippen LogP contribution is 2.44. The quantitative estimate of drug-likeness (QED) is 0.144. The zero-order valence-corrected chi connectivity index (χ0v) is 28.7. The fourth-order valence-electron chi connectivity index (χ4n) is 7.00. The Bertz CT molecular complexity index is 1970. The fraction of sp³-hybridized carbons (Fsp3) is 0.256. The van der Waals surface area contributed by atoms with E-state index in [0.29, 0.717) is 19.8 Å². The van der Waals surface area contributed by atoms with E-state index < -0.39 is 5.85 Å². The number of aryl methyl sites for hydroxylation is 2. The molecule has 0 radical (unpaired) electrons. The highest BCUT2D eigenvalue weighted by Gasteiger charge is 2.45. The molecular weight excluding hydrogens is 606 g/mol. The Balaban J connectivity index is 1.39. The molecule has 0 saturated carbocycles. The summed E-state index contributed by atoms with van der Waals surface area (Å²) in [5.74, 6) is 0.787. The molecule has 1 aliphatic heterocycles. The molecule has 1 N–H and O–H groups in total. The lowest BCUT2D eigenvalue weighted by Gasteiger charge is -2.47. The molecule has 6 nitrogen and oxygen atoms in total. The summed E-state index contributed by atoms with van der Waals surface area (Å²) < 4.78 is 22.1. The number of nitrogens with zero attached hydrogens (tertiary/aromatic N) is 2. The van der Waals surface area contributed by atoms with Crippen molar-refractivity contribution < 1.29 is 14.2 Å². The van der Waals surface area contributed by atoms with Crippen LogP contribution in [-0.2, 0) is 23.8 Å². The van der Waals surface area contributed by atoms with E-state index in [0.717, 1.165) is 76.5 Å². The number of nitrogens with one attached hydrogen (secondary N) is 1. The van der Waals surface area contributed by atoms with E-state index in [-0.39, 0.29) is 0 Å². The lowest BCUT2D eigenvalue weighted by atomic mass is 10.0. The summed E-state index contributed by atoms with van der Waals surface area (Å²) in [6.45, 7) is 11.5. The van der Waals surface area contributed by atoms with Gasteiger partial charge < -0.3 is 19.5 Å². The molecule has 250 valence electrons. The van der Waals surface area contributed by atoms with Crippen LogP contribution >= 0.6 is 0 Å². The smallest absolute Gasteiger partial charge is 0.232 e. The molecule has 5 aromatic carbocycles. The number of aromatic nitrogens is 1. The van der Waals surface area contributed by atoms with Gasteiger partial charge in [-0.25, -0.2) is 0 Å². The number of fused-ring (bicyclic) bond motifs is 1. The van der Waals surface area contributed by atoms with Crippen molar-refractivity contribution in [3.8, 4) is 22.8 Å². The standard InChI is InChI=1S/C43H45N3O3/c1-4-49-43(45-27-25-44-26-28-45,37-19-15-32(2)16-20-37)46-41-24-23-39(48-31-35-13-9-6-10-14-35)29-40(41)33(3)42(46)36-17-21-38(22-18-36)47-30-34-11-7-5-8-12-34/h5-24,29,44H,4,25-28,30-31H2,1-3H3. The first-order chi connectivity index (χ1) is 24.1. The van der Waals surface area contributed by atoms with Gasteiger partial charge in [0.1, 0.15) is 24.7 Å². The third-order valence-corrected chi connectivity index (χ3v) is 9.44. The molecule has 7 rings (SSSR count). The van der Waals surface area contributed by atoms with Gasteiger partial charge in [-0.1, -0.05) is 90.5 Å². The monoisotopic (exact) mass is 651 g/mol. The minimum absolute atomic E-state index is 0.510. The molecule has 1 aliphatic rings. The zero-order chi connectivity index (χ0) is 33.6. The van der Waals surface area contributed by atoms with Gasteiger partial charge in [0.25, 0.3) is 0 Å². The maximum absolute atomic E-state index is 7.12. The second kappa shape index (κ2) is 14.7. The highest BCUT2D eigenvalue weighted by atomic mass is 16.5. The van der Waals surface area contributed by atoms with Gasteiger partial charge in [-0.05, 0) is 85.5 Å². The van der Waals surface area contributed by atoms with Crippen LogP contribution in [0.15, 0.2) is 127 Å².